The van der Waals surface area contributed by atoms with Gasteiger partial charge in [0, 0.05) is 41.6 Å². The van der Waals surface area contributed by atoms with Crippen LogP contribution in [0, 0.1) is 0 Å². The lowest BCUT2D eigenvalue weighted by Gasteiger charge is -2.42. The predicted molar refractivity (Wildman–Crippen MR) is 139 cm³/mol. The summed E-state index contributed by atoms with van der Waals surface area (Å²) in [6.07, 6.45) is 3.37. The molecule has 192 valence electrons. The smallest absolute Gasteiger partial charge is 0.410 e. The van der Waals surface area contributed by atoms with E-state index in [-0.39, 0.29) is 30.8 Å². The number of aromatic amines is 1. The Morgan fingerprint density at radius 2 is 1.97 bits per heavy atom. The van der Waals surface area contributed by atoms with Crippen molar-refractivity contribution in [3.8, 4) is 0 Å². The highest BCUT2D eigenvalue weighted by Gasteiger charge is 2.46. The Kier molecular flexibility index (Phi) is 6.42. The normalized spacial score (nSPS) is 21.6. The Labute approximate surface area is 215 Å². The van der Waals surface area contributed by atoms with Crippen molar-refractivity contribution in [3.63, 3.8) is 0 Å². The van der Waals surface area contributed by atoms with E-state index < -0.39 is 5.60 Å². The van der Waals surface area contributed by atoms with Crippen LogP contribution < -0.4 is 10.2 Å². The minimum absolute atomic E-state index is 0.132. The Morgan fingerprint density at radius 1 is 1.25 bits per heavy atom. The van der Waals surface area contributed by atoms with Gasteiger partial charge in [0.1, 0.15) is 11.4 Å². The number of rotatable bonds is 5. The van der Waals surface area contributed by atoms with Crippen LogP contribution in [-0.2, 0) is 11.3 Å². The van der Waals surface area contributed by atoms with Crippen molar-refractivity contribution in [3.05, 3.63) is 35.0 Å². The van der Waals surface area contributed by atoms with Crippen LogP contribution in [0.15, 0.2) is 24.3 Å². The molecule has 2 aliphatic heterocycles. The largest absolute Gasteiger partial charge is 0.444 e. The minimum atomic E-state index is -0.514. The van der Waals surface area contributed by atoms with E-state index in [0.29, 0.717) is 33.8 Å². The fourth-order valence-electron chi connectivity index (χ4n) is 5.21. The molecule has 2 bridgehead atoms. The number of amides is 1. The molecule has 1 amide bonds. The Morgan fingerprint density at radius 3 is 2.61 bits per heavy atom. The first kappa shape index (κ1) is 24.6. The minimum Gasteiger partial charge on any atom is -0.444 e. The molecule has 0 saturated carbocycles. The Balaban J connectivity index is 1.41. The number of nitrogens with one attached hydrogen (secondary N) is 2. The van der Waals surface area contributed by atoms with Crippen LogP contribution in [-0.4, -0.2) is 67.0 Å². The summed E-state index contributed by atoms with van der Waals surface area (Å²) in [6, 6.07) is 7.69. The highest BCUT2D eigenvalue weighted by molar-refractivity contribution is 6.31. The van der Waals surface area contributed by atoms with Gasteiger partial charge in [-0.15, -0.1) is 0 Å². The fourth-order valence-corrected chi connectivity index (χ4v) is 5.38. The summed E-state index contributed by atoms with van der Waals surface area (Å²) in [7, 11) is 2.00. The molecule has 4 heterocycles. The summed E-state index contributed by atoms with van der Waals surface area (Å²) in [5.41, 5.74) is 0.803. The number of carbonyl (C=O) groups is 1. The quantitative estimate of drug-likeness (QED) is 0.452. The van der Waals surface area contributed by atoms with Gasteiger partial charge in [0.05, 0.1) is 17.8 Å². The van der Waals surface area contributed by atoms with Crippen molar-refractivity contribution in [2.24, 2.45) is 0 Å². The maximum atomic E-state index is 12.9. The number of H-pyrrole nitrogens is 1. The third kappa shape index (κ3) is 4.92. The average molecular weight is 514 g/mol. The summed E-state index contributed by atoms with van der Waals surface area (Å²) in [4.78, 5) is 26.6. The zero-order chi connectivity index (χ0) is 25.6. The van der Waals surface area contributed by atoms with Crippen LogP contribution in [0.5, 0.6) is 0 Å². The monoisotopic (exact) mass is 513 g/mol. The van der Waals surface area contributed by atoms with Crippen LogP contribution in [0.3, 0.4) is 0 Å². The first-order chi connectivity index (χ1) is 17.1. The van der Waals surface area contributed by atoms with Crippen molar-refractivity contribution in [1.29, 1.82) is 0 Å². The molecule has 2 unspecified atom stereocenters. The third-order valence-electron chi connectivity index (χ3n) is 6.87. The number of halogens is 1. The summed E-state index contributed by atoms with van der Waals surface area (Å²) in [5, 5.41) is 21.0. The number of hydrogen-bond donors (Lipinski definition) is 3. The predicted octanol–water partition coefficient (Wildman–Crippen LogP) is 4.61. The zero-order valence-corrected chi connectivity index (χ0v) is 21.7. The molecule has 11 heteroatoms. The number of hydrogen-bond acceptors (Lipinski definition) is 8. The molecule has 2 aromatic heterocycles. The van der Waals surface area contributed by atoms with Crippen molar-refractivity contribution in [2.75, 3.05) is 17.3 Å². The maximum absolute atomic E-state index is 12.9. The first-order valence-electron chi connectivity index (χ1n) is 12.2. The van der Waals surface area contributed by atoms with E-state index in [1.165, 1.54) is 0 Å². The zero-order valence-electron chi connectivity index (χ0n) is 21.0. The van der Waals surface area contributed by atoms with Crippen LogP contribution in [0.25, 0.3) is 10.9 Å². The number of aliphatic hydroxyl groups excluding tert-OH is 1. The number of nitrogens with zero attached hydrogens (tertiary/aromatic N) is 5. The molecule has 1 aromatic carbocycles. The number of ether oxygens (including phenoxy) is 1. The highest BCUT2D eigenvalue weighted by atomic mass is 35.5. The van der Waals surface area contributed by atoms with E-state index in [1.807, 2.05) is 44.9 Å². The van der Waals surface area contributed by atoms with Gasteiger partial charge in [-0.3, -0.25) is 5.10 Å². The van der Waals surface area contributed by atoms with Gasteiger partial charge in [-0.1, -0.05) is 11.6 Å². The molecule has 0 aliphatic carbocycles. The van der Waals surface area contributed by atoms with E-state index in [2.05, 4.69) is 20.4 Å². The van der Waals surface area contributed by atoms with Crippen molar-refractivity contribution < 1.29 is 14.6 Å². The molecule has 3 N–H and O–H groups in total. The Hall–Kier alpha value is -3.11. The van der Waals surface area contributed by atoms with Crippen LogP contribution in [0.4, 0.5) is 22.4 Å². The Bertz CT molecular complexity index is 1260. The average Bonchev–Trinajstić information content (AvgIpc) is 3.38. The van der Waals surface area contributed by atoms with Gasteiger partial charge >= 0.3 is 6.09 Å². The SMILES string of the molecule is CN(c1nc(Nc2cc(CO)[nH]n2)c2ccc(Cl)cc2n1)C1CC2CCC(C1)N2C(=O)OC(C)(C)C. The molecule has 2 atom stereocenters. The van der Waals surface area contributed by atoms with Crippen molar-refractivity contribution >= 4 is 46.2 Å². The molecule has 2 saturated heterocycles. The number of carbonyl (C=O) groups excluding carboxylic acids is 1. The second-order valence-electron chi connectivity index (χ2n) is 10.6. The van der Waals surface area contributed by atoms with E-state index in [0.717, 1.165) is 31.1 Å². The number of anilines is 3. The molecule has 2 fully saturated rings. The summed E-state index contributed by atoms with van der Waals surface area (Å²) < 4.78 is 5.68. The van der Waals surface area contributed by atoms with Crippen LogP contribution in [0.1, 0.15) is 52.1 Å². The van der Waals surface area contributed by atoms with E-state index in [9.17, 15) is 9.90 Å². The van der Waals surface area contributed by atoms with Gasteiger partial charge in [0.15, 0.2) is 5.82 Å². The number of piperidine rings is 1. The van der Waals surface area contributed by atoms with E-state index >= 15 is 0 Å². The third-order valence-corrected chi connectivity index (χ3v) is 7.11. The van der Waals surface area contributed by atoms with Gasteiger partial charge in [-0.2, -0.15) is 10.1 Å². The number of fused-ring (bicyclic) bond motifs is 3. The fraction of sp³-hybridized carbons (Fsp3) is 0.520. The molecule has 0 spiro atoms. The number of aromatic nitrogens is 4. The van der Waals surface area contributed by atoms with Crippen molar-refractivity contribution in [2.45, 2.75) is 76.8 Å². The lowest BCUT2D eigenvalue weighted by molar-refractivity contribution is 0.00596. The van der Waals surface area contributed by atoms with Crippen LogP contribution in [0.2, 0.25) is 5.02 Å². The number of benzene rings is 1. The second-order valence-corrected chi connectivity index (χ2v) is 11.0. The molecule has 10 nitrogen and oxygen atoms in total. The molecule has 36 heavy (non-hydrogen) atoms. The molecule has 0 radical (unpaired) electrons. The summed E-state index contributed by atoms with van der Waals surface area (Å²) in [5.74, 6) is 1.72. The van der Waals surface area contributed by atoms with Gasteiger partial charge < -0.3 is 25.0 Å². The maximum Gasteiger partial charge on any atom is 0.410 e. The topological polar surface area (TPSA) is 120 Å². The molecular formula is C25H32ClN7O3. The standard InChI is InChI=1S/C25H32ClN7O3/c1-25(2,3)36-24(35)33-16-6-7-17(33)12-18(11-16)32(4)23-27-20-9-14(26)5-8-19(20)22(29-23)28-21-10-15(13-34)30-31-21/h5,8-10,16-18,34H,6-7,11-13H2,1-4H3,(H2,27,28,29,30,31). The molecular weight excluding hydrogens is 482 g/mol. The van der Waals surface area contributed by atoms with Crippen LogP contribution >= 0.6 is 11.6 Å². The lowest BCUT2D eigenvalue weighted by Crippen LogP contribution is -2.53. The number of aliphatic hydroxyl groups is 1. The van der Waals surface area contributed by atoms with Gasteiger partial charge in [0.25, 0.3) is 0 Å². The van der Waals surface area contributed by atoms with Gasteiger partial charge in [0.2, 0.25) is 5.95 Å². The first-order valence-corrected chi connectivity index (χ1v) is 12.6. The molecule has 3 aromatic rings. The van der Waals surface area contributed by atoms with Crippen molar-refractivity contribution in [1.82, 2.24) is 25.1 Å². The van der Waals surface area contributed by atoms with E-state index in [4.69, 9.17) is 26.3 Å². The van der Waals surface area contributed by atoms with E-state index in [1.54, 1.807) is 12.1 Å². The summed E-state index contributed by atoms with van der Waals surface area (Å²) >= 11 is 6.28. The highest BCUT2D eigenvalue weighted by Crippen LogP contribution is 2.39. The molecule has 2 aliphatic rings. The second kappa shape index (κ2) is 9.40. The van der Waals surface area contributed by atoms with Gasteiger partial charge in [-0.25, -0.2) is 9.78 Å². The molecule has 5 rings (SSSR count). The summed E-state index contributed by atoms with van der Waals surface area (Å²) in [6.45, 7) is 5.56. The lowest BCUT2D eigenvalue weighted by atomic mass is 9.97. The van der Waals surface area contributed by atoms with Gasteiger partial charge in [-0.05, 0) is 64.7 Å².